The molecule has 98 valence electrons. The monoisotopic (exact) mass is 265 g/mol. The van der Waals surface area contributed by atoms with Gasteiger partial charge in [0.05, 0.1) is 12.7 Å². The van der Waals surface area contributed by atoms with Gasteiger partial charge in [0.15, 0.2) is 0 Å². The molecule has 18 heavy (non-hydrogen) atoms. The van der Waals surface area contributed by atoms with Gasteiger partial charge in [0.2, 0.25) is 0 Å². The molecule has 0 bridgehead atoms. The number of anilines is 1. The SMILES string of the molecule is COC(=O)c1cccc(NC2CCSC2C)c1C. The Kier molecular flexibility index (Phi) is 4.17. The number of carbonyl (C=O) groups is 1. The van der Waals surface area contributed by atoms with Crippen molar-refractivity contribution in [1.82, 2.24) is 0 Å². The van der Waals surface area contributed by atoms with E-state index in [0.717, 1.165) is 11.3 Å². The Morgan fingerprint density at radius 1 is 1.50 bits per heavy atom. The molecule has 1 saturated heterocycles. The summed E-state index contributed by atoms with van der Waals surface area (Å²) in [5.74, 6) is 0.930. The largest absolute Gasteiger partial charge is 0.465 e. The molecule has 2 atom stereocenters. The summed E-state index contributed by atoms with van der Waals surface area (Å²) in [6, 6.07) is 6.21. The number of methoxy groups -OCH3 is 1. The first-order valence-electron chi connectivity index (χ1n) is 6.19. The quantitative estimate of drug-likeness (QED) is 0.852. The highest BCUT2D eigenvalue weighted by molar-refractivity contribution is 8.00. The smallest absolute Gasteiger partial charge is 0.338 e. The van der Waals surface area contributed by atoms with Crippen molar-refractivity contribution in [3.63, 3.8) is 0 Å². The zero-order chi connectivity index (χ0) is 13.1. The molecule has 1 aliphatic rings. The Morgan fingerprint density at radius 2 is 2.28 bits per heavy atom. The number of rotatable bonds is 3. The van der Waals surface area contributed by atoms with Gasteiger partial charge in [-0.15, -0.1) is 0 Å². The second-order valence-corrected chi connectivity index (χ2v) is 6.07. The average molecular weight is 265 g/mol. The van der Waals surface area contributed by atoms with E-state index in [1.54, 1.807) is 6.07 Å². The summed E-state index contributed by atoms with van der Waals surface area (Å²) in [7, 11) is 1.41. The second-order valence-electron chi connectivity index (χ2n) is 4.59. The maximum atomic E-state index is 11.6. The lowest BCUT2D eigenvalue weighted by Crippen LogP contribution is -2.25. The van der Waals surface area contributed by atoms with Crippen LogP contribution in [0.5, 0.6) is 0 Å². The van der Waals surface area contributed by atoms with Crippen LogP contribution < -0.4 is 5.32 Å². The minimum Gasteiger partial charge on any atom is -0.465 e. The number of carbonyl (C=O) groups excluding carboxylic acids is 1. The van der Waals surface area contributed by atoms with Gasteiger partial charge in [0.1, 0.15) is 0 Å². The van der Waals surface area contributed by atoms with Crippen molar-refractivity contribution in [2.24, 2.45) is 0 Å². The molecule has 0 aromatic heterocycles. The summed E-state index contributed by atoms with van der Waals surface area (Å²) >= 11 is 1.99. The molecule has 1 aromatic rings. The Bertz CT molecular complexity index is 447. The third kappa shape index (κ3) is 2.64. The third-order valence-corrected chi connectivity index (χ3v) is 4.78. The molecule has 0 spiro atoms. The number of hydrogen-bond acceptors (Lipinski definition) is 4. The zero-order valence-electron chi connectivity index (χ0n) is 11.0. The van der Waals surface area contributed by atoms with Crippen molar-refractivity contribution < 1.29 is 9.53 Å². The molecule has 0 radical (unpaired) electrons. The molecule has 1 N–H and O–H groups in total. The summed E-state index contributed by atoms with van der Waals surface area (Å²) in [6.07, 6.45) is 1.17. The van der Waals surface area contributed by atoms with Crippen LogP contribution in [0, 0.1) is 6.92 Å². The maximum Gasteiger partial charge on any atom is 0.338 e. The van der Waals surface area contributed by atoms with Crippen molar-refractivity contribution in [3.05, 3.63) is 29.3 Å². The van der Waals surface area contributed by atoms with Crippen molar-refractivity contribution >= 4 is 23.4 Å². The molecule has 2 rings (SSSR count). The van der Waals surface area contributed by atoms with Gasteiger partial charge in [0, 0.05) is 17.0 Å². The molecular formula is C14H19NO2S. The van der Waals surface area contributed by atoms with E-state index in [4.69, 9.17) is 4.74 Å². The lowest BCUT2D eigenvalue weighted by atomic mass is 10.1. The fraction of sp³-hybridized carbons (Fsp3) is 0.500. The lowest BCUT2D eigenvalue weighted by molar-refractivity contribution is 0.0600. The summed E-state index contributed by atoms with van der Waals surface area (Å²) in [5, 5.41) is 4.17. The molecule has 1 aliphatic heterocycles. The van der Waals surface area contributed by atoms with Crippen LogP contribution in [0.1, 0.15) is 29.3 Å². The molecule has 1 heterocycles. The third-order valence-electron chi connectivity index (χ3n) is 3.46. The van der Waals surface area contributed by atoms with Crippen LogP contribution in [0.3, 0.4) is 0 Å². The van der Waals surface area contributed by atoms with Crippen molar-refractivity contribution in [3.8, 4) is 0 Å². The minimum absolute atomic E-state index is 0.273. The van der Waals surface area contributed by atoms with E-state index in [1.807, 2.05) is 30.8 Å². The first-order valence-corrected chi connectivity index (χ1v) is 7.24. The molecule has 0 saturated carbocycles. The van der Waals surface area contributed by atoms with Gasteiger partial charge >= 0.3 is 5.97 Å². The summed E-state index contributed by atoms with van der Waals surface area (Å²) in [5.41, 5.74) is 2.64. The van der Waals surface area contributed by atoms with E-state index in [2.05, 4.69) is 12.2 Å². The number of nitrogens with one attached hydrogen (secondary N) is 1. The second kappa shape index (κ2) is 5.65. The molecule has 0 aliphatic carbocycles. The minimum atomic E-state index is -0.273. The van der Waals surface area contributed by atoms with Crippen molar-refractivity contribution in [1.29, 1.82) is 0 Å². The van der Waals surface area contributed by atoms with Crippen LogP contribution >= 0.6 is 11.8 Å². The van der Waals surface area contributed by atoms with Crippen LogP contribution in [0.2, 0.25) is 0 Å². The molecule has 1 fully saturated rings. The predicted octanol–water partition coefficient (Wildman–Crippen LogP) is 3.09. The van der Waals surface area contributed by atoms with Crippen LogP contribution in [-0.4, -0.2) is 30.1 Å². The van der Waals surface area contributed by atoms with E-state index in [1.165, 1.54) is 19.3 Å². The Labute approximate surface area is 112 Å². The molecular weight excluding hydrogens is 246 g/mol. The van der Waals surface area contributed by atoms with Gasteiger partial charge in [-0.2, -0.15) is 11.8 Å². The van der Waals surface area contributed by atoms with E-state index < -0.39 is 0 Å². The maximum absolute atomic E-state index is 11.6. The number of ether oxygens (including phenoxy) is 1. The van der Waals surface area contributed by atoms with Crippen molar-refractivity contribution in [2.45, 2.75) is 31.6 Å². The standard InChI is InChI=1S/C14H19NO2S/c1-9-11(14(16)17-3)5-4-6-12(9)15-13-7-8-18-10(13)2/h4-6,10,13,15H,7-8H2,1-3H3. The fourth-order valence-corrected chi connectivity index (χ4v) is 3.44. The Balaban J connectivity index is 2.20. The number of benzene rings is 1. The van der Waals surface area contributed by atoms with Gasteiger partial charge in [-0.25, -0.2) is 4.79 Å². The summed E-state index contributed by atoms with van der Waals surface area (Å²) in [6.45, 7) is 4.20. The number of thioether (sulfide) groups is 1. The van der Waals surface area contributed by atoms with Gasteiger partial charge in [-0.3, -0.25) is 0 Å². The molecule has 3 nitrogen and oxygen atoms in total. The highest BCUT2D eigenvalue weighted by atomic mass is 32.2. The zero-order valence-corrected chi connectivity index (χ0v) is 11.8. The van der Waals surface area contributed by atoms with Gasteiger partial charge in [0.25, 0.3) is 0 Å². The van der Waals surface area contributed by atoms with E-state index >= 15 is 0 Å². The highest BCUT2D eigenvalue weighted by Gasteiger charge is 2.24. The van der Waals surface area contributed by atoms with Crippen LogP contribution in [0.4, 0.5) is 5.69 Å². The summed E-state index contributed by atoms with van der Waals surface area (Å²) < 4.78 is 4.79. The molecule has 0 amide bonds. The molecule has 1 aromatic carbocycles. The van der Waals surface area contributed by atoms with Gasteiger partial charge < -0.3 is 10.1 Å². The van der Waals surface area contributed by atoms with Gasteiger partial charge in [-0.05, 0) is 36.8 Å². The van der Waals surface area contributed by atoms with E-state index in [9.17, 15) is 4.79 Å². The normalized spacial score (nSPS) is 22.8. The number of hydrogen-bond donors (Lipinski definition) is 1. The predicted molar refractivity (Wildman–Crippen MR) is 76.5 cm³/mol. The van der Waals surface area contributed by atoms with E-state index in [0.29, 0.717) is 16.9 Å². The van der Waals surface area contributed by atoms with Crippen LogP contribution in [-0.2, 0) is 4.74 Å². The number of esters is 1. The molecule has 4 heteroatoms. The first kappa shape index (κ1) is 13.3. The van der Waals surface area contributed by atoms with Crippen LogP contribution in [0.15, 0.2) is 18.2 Å². The molecule has 2 unspecified atom stereocenters. The lowest BCUT2D eigenvalue weighted by Gasteiger charge is -2.20. The fourth-order valence-electron chi connectivity index (χ4n) is 2.24. The highest BCUT2D eigenvalue weighted by Crippen LogP contribution is 2.30. The topological polar surface area (TPSA) is 38.3 Å². The average Bonchev–Trinajstić information content (AvgIpc) is 2.77. The van der Waals surface area contributed by atoms with Crippen LogP contribution in [0.25, 0.3) is 0 Å². The van der Waals surface area contributed by atoms with Crippen molar-refractivity contribution in [2.75, 3.05) is 18.2 Å². The summed E-state index contributed by atoms with van der Waals surface area (Å²) in [4.78, 5) is 11.6. The Hall–Kier alpha value is -1.16. The Morgan fingerprint density at radius 3 is 2.89 bits per heavy atom. The first-order chi connectivity index (χ1) is 8.63. The van der Waals surface area contributed by atoms with Gasteiger partial charge in [-0.1, -0.05) is 13.0 Å². The van der Waals surface area contributed by atoms with E-state index in [-0.39, 0.29) is 5.97 Å².